The maximum Gasteiger partial charge on any atom is 0.254 e. The molecule has 1 aromatic carbocycles. The maximum absolute atomic E-state index is 12.7. The predicted octanol–water partition coefficient (Wildman–Crippen LogP) is 2.82. The lowest BCUT2D eigenvalue weighted by molar-refractivity contribution is 0.0738. The molecule has 4 nitrogen and oxygen atoms in total. The van der Waals surface area contributed by atoms with Crippen LogP contribution in [0.15, 0.2) is 41.8 Å². The summed E-state index contributed by atoms with van der Waals surface area (Å²) >= 11 is 1.68. The minimum atomic E-state index is -0.513. The quantitative estimate of drug-likeness (QED) is 0.947. The third kappa shape index (κ3) is 2.69. The number of carbonyl (C=O) groups excluding carboxylic acids is 2. The van der Waals surface area contributed by atoms with Crippen LogP contribution < -0.4 is 5.73 Å². The van der Waals surface area contributed by atoms with E-state index in [2.05, 4.69) is 6.07 Å². The molecule has 108 valence electrons. The number of likely N-dealkylation sites (tertiary alicyclic amines) is 1. The van der Waals surface area contributed by atoms with E-state index in [4.69, 9.17) is 5.73 Å². The normalized spacial score (nSPS) is 17.9. The number of hydrogen-bond acceptors (Lipinski definition) is 3. The Morgan fingerprint density at radius 1 is 1.19 bits per heavy atom. The fourth-order valence-corrected chi connectivity index (χ4v) is 3.63. The molecule has 2 aromatic rings. The van der Waals surface area contributed by atoms with Crippen LogP contribution in [0.25, 0.3) is 0 Å². The van der Waals surface area contributed by atoms with Gasteiger partial charge >= 0.3 is 0 Å². The molecule has 2 N–H and O–H groups in total. The molecule has 1 aliphatic heterocycles. The molecule has 21 heavy (non-hydrogen) atoms. The first kappa shape index (κ1) is 13.8. The van der Waals surface area contributed by atoms with Gasteiger partial charge in [0.2, 0.25) is 5.91 Å². The van der Waals surface area contributed by atoms with E-state index in [0.29, 0.717) is 11.1 Å². The number of hydrogen-bond donors (Lipinski definition) is 1. The van der Waals surface area contributed by atoms with Gasteiger partial charge in [0.25, 0.3) is 5.91 Å². The molecule has 2 amide bonds. The monoisotopic (exact) mass is 300 g/mol. The summed E-state index contributed by atoms with van der Waals surface area (Å²) < 4.78 is 0. The van der Waals surface area contributed by atoms with Gasteiger partial charge in [-0.2, -0.15) is 0 Å². The summed E-state index contributed by atoms with van der Waals surface area (Å²) in [7, 11) is 0. The third-order valence-corrected chi connectivity index (χ3v) is 4.75. The highest BCUT2D eigenvalue weighted by molar-refractivity contribution is 7.10. The first-order valence-corrected chi connectivity index (χ1v) is 7.79. The summed E-state index contributed by atoms with van der Waals surface area (Å²) in [6.45, 7) is 0.752. The molecule has 1 atom stereocenters. The zero-order valence-corrected chi connectivity index (χ0v) is 12.3. The second-order valence-electron chi connectivity index (χ2n) is 5.12. The summed E-state index contributed by atoms with van der Waals surface area (Å²) in [5.41, 5.74) is 6.17. The van der Waals surface area contributed by atoms with Crippen molar-refractivity contribution in [2.75, 3.05) is 6.54 Å². The molecule has 0 bridgehead atoms. The van der Waals surface area contributed by atoms with Gasteiger partial charge in [-0.15, -0.1) is 11.3 Å². The van der Waals surface area contributed by atoms with Crippen LogP contribution in [-0.2, 0) is 0 Å². The Hall–Kier alpha value is -2.14. The number of thiophene rings is 1. The molecule has 1 unspecified atom stereocenters. The zero-order chi connectivity index (χ0) is 14.8. The van der Waals surface area contributed by atoms with E-state index < -0.39 is 5.91 Å². The fraction of sp³-hybridized carbons (Fsp3) is 0.250. The van der Waals surface area contributed by atoms with Gasteiger partial charge in [-0.05, 0) is 42.5 Å². The number of rotatable bonds is 3. The number of nitrogens with two attached hydrogens (primary N) is 1. The molecule has 1 aromatic heterocycles. The Bertz CT molecular complexity index is 667. The first-order valence-electron chi connectivity index (χ1n) is 6.91. The van der Waals surface area contributed by atoms with Gasteiger partial charge in [-0.3, -0.25) is 9.59 Å². The molecule has 1 saturated heterocycles. The average Bonchev–Trinajstić information content (AvgIpc) is 3.17. The van der Waals surface area contributed by atoms with Crippen LogP contribution in [0.3, 0.4) is 0 Å². The maximum atomic E-state index is 12.7. The van der Waals surface area contributed by atoms with Crippen LogP contribution in [0.4, 0.5) is 0 Å². The lowest BCUT2D eigenvalue weighted by Gasteiger charge is -2.24. The predicted molar refractivity (Wildman–Crippen MR) is 82.3 cm³/mol. The van der Waals surface area contributed by atoms with Gasteiger partial charge in [0.1, 0.15) is 0 Å². The van der Waals surface area contributed by atoms with Gasteiger partial charge < -0.3 is 10.6 Å². The van der Waals surface area contributed by atoms with Crippen LogP contribution in [0.5, 0.6) is 0 Å². The highest BCUT2D eigenvalue weighted by Gasteiger charge is 2.31. The fourth-order valence-electron chi connectivity index (χ4n) is 2.76. The number of amides is 2. The lowest BCUT2D eigenvalue weighted by Crippen LogP contribution is -2.30. The van der Waals surface area contributed by atoms with E-state index in [1.807, 2.05) is 16.3 Å². The Labute approximate surface area is 127 Å². The van der Waals surface area contributed by atoms with Crippen molar-refractivity contribution in [3.05, 3.63) is 57.8 Å². The Morgan fingerprint density at radius 2 is 2.00 bits per heavy atom. The van der Waals surface area contributed by atoms with Crippen LogP contribution in [0.2, 0.25) is 0 Å². The first-order chi connectivity index (χ1) is 10.2. The van der Waals surface area contributed by atoms with Crippen molar-refractivity contribution in [2.24, 2.45) is 5.73 Å². The molecule has 0 saturated carbocycles. The van der Waals surface area contributed by atoms with E-state index in [1.165, 1.54) is 4.88 Å². The minimum Gasteiger partial charge on any atom is -0.366 e. The van der Waals surface area contributed by atoms with Gasteiger partial charge in [-0.1, -0.05) is 12.1 Å². The molecular weight excluding hydrogens is 284 g/mol. The molecule has 5 heteroatoms. The SMILES string of the molecule is NC(=O)c1cccc(C(=O)N2CCCC2c2cccs2)c1. The van der Waals surface area contributed by atoms with Crippen molar-refractivity contribution in [3.8, 4) is 0 Å². The van der Waals surface area contributed by atoms with E-state index in [1.54, 1.807) is 35.6 Å². The molecule has 0 aliphatic carbocycles. The van der Waals surface area contributed by atoms with Gasteiger partial charge in [0, 0.05) is 22.5 Å². The zero-order valence-electron chi connectivity index (χ0n) is 11.5. The number of benzene rings is 1. The van der Waals surface area contributed by atoms with E-state index in [9.17, 15) is 9.59 Å². The van der Waals surface area contributed by atoms with Crippen molar-refractivity contribution in [3.63, 3.8) is 0 Å². The van der Waals surface area contributed by atoms with Crippen LogP contribution in [0.1, 0.15) is 44.5 Å². The average molecular weight is 300 g/mol. The summed E-state index contributed by atoms with van der Waals surface area (Å²) in [6.07, 6.45) is 1.99. The molecule has 0 spiro atoms. The Balaban J connectivity index is 1.87. The Kier molecular flexibility index (Phi) is 3.75. The highest BCUT2D eigenvalue weighted by atomic mass is 32.1. The van der Waals surface area contributed by atoms with Gasteiger partial charge in [0.05, 0.1) is 6.04 Å². The van der Waals surface area contributed by atoms with Crippen molar-refractivity contribution in [2.45, 2.75) is 18.9 Å². The summed E-state index contributed by atoms with van der Waals surface area (Å²) in [6, 6.07) is 10.9. The van der Waals surface area contributed by atoms with E-state index in [0.717, 1.165) is 19.4 Å². The number of carbonyl (C=O) groups is 2. The topological polar surface area (TPSA) is 63.4 Å². The minimum absolute atomic E-state index is 0.0333. The summed E-state index contributed by atoms with van der Waals surface area (Å²) in [5, 5.41) is 2.03. The molecule has 0 radical (unpaired) electrons. The van der Waals surface area contributed by atoms with Crippen LogP contribution >= 0.6 is 11.3 Å². The van der Waals surface area contributed by atoms with Crippen molar-refractivity contribution < 1.29 is 9.59 Å². The van der Waals surface area contributed by atoms with Crippen molar-refractivity contribution in [1.29, 1.82) is 0 Å². The van der Waals surface area contributed by atoms with Crippen LogP contribution in [0, 0.1) is 0 Å². The second kappa shape index (κ2) is 5.69. The van der Waals surface area contributed by atoms with E-state index in [-0.39, 0.29) is 11.9 Å². The highest BCUT2D eigenvalue weighted by Crippen LogP contribution is 2.35. The third-order valence-electron chi connectivity index (χ3n) is 3.78. The summed E-state index contributed by atoms with van der Waals surface area (Å²) in [4.78, 5) is 27.1. The second-order valence-corrected chi connectivity index (χ2v) is 6.10. The molecule has 2 heterocycles. The van der Waals surface area contributed by atoms with Crippen molar-refractivity contribution in [1.82, 2.24) is 4.90 Å². The van der Waals surface area contributed by atoms with Gasteiger partial charge in [0.15, 0.2) is 0 Å². The molecule has 1 fully saturated rings. The smallest absolute Gasteiger partial charge is 0.254 e. The molecular formula is C16H16N2O2S. The number of primary amides is 1. The van der Waals surface area contributed by atoms with Gasteiger partial charge in [-0.25, -0.2) is 0 Å². The lowest BCUT2D eigenvalue weighted by atomic mass is 10.1. The standard InChI is InChI=1S/C16H16N2O2S/c17-15(19)11-4-1-5-12(10-11)16(20)18-8-2-6-13(18)14-7-3-9-21-14/h1,3-5,7,9-10,13H,2,6,8H2,(H2,17,19). The molecule has 1 aliphatic rings. The van der Waals surface area contributed by atoms with E-state index >= 15 is 0 Å². The Morgan fingerprint density at radius 3 is 2.71 bits per heavy atom. The largest absolute Gasteiger partial charge is 0.366 e. The summed E-state index contributed by atoms with van der Waals surface area (Å²) in [5.74, 6) is -0.546. The molecule has 3 rings (SSSR count). The number of nitrogens with zero attached hydrogens (tertiary/aromatic N) is 1. The van der Waals surface area contributed by atoms with Crippen LogP contribution in [-0.4, -0.2) is 23.3 Å². The van der Waals surface area contributed by atoms with Crippen molar-refractivity contribution >= 4 is 23.2 Å².